The van der Waals surface area contributed by atoms with E-state index in [1.165, 1.54) is 19.3 Å². The summed E-state index contributed by atoms with van der Waals surface area (Å²) in [4.78, 5) is 4.23. The largest absolute Gasteiger partial charge is 0.476 e. The van der Waals surface area contributed by atoms with E-state index < -0.39 is 0 Å². The second-order valence-electron chi connectivity index (χ2n) is 4.32. The molecule has 0 spiro atoms. The molecule has 0 saturated carbocycles. The molecule has 1 aliphatic heterocycles. The van der Waals surface area contributed by atoms with Gasteiger partial charge in [-0.2, -0.15) is 0 Å². The van der Waals surface area contributed by atoms with Crippen LogP contribution in [0.2, 0.25) is 0 Å². The molecule has 0 bridgehead atoms. The van der Waals surface area contributed by atoms with Gasteiger partial charge in [-0.1, -0.05) is 6.42 Å². The number of pyridine rings is 1. The SMILES string of the molecule is CCOc1ncccc1NCC1CCCCN1. The Labute approximate surface area is 103 Å². The lowest BCUT2D eigenvalue weighted by Crippen LogP contribution is -2.39. The third kappa shape index (κ3) is 3.60. The fourth-order valence-corrected chi connectivity index (χ4v) is 2.11. The predicted molar refractivity (Wildman–Crippen MR) is 69.5 cm³/mol. The summed E-state index contributed by atoms with van der Waals surface area (Å²) < 4.78 is 5.48. The Morgan fingerprint density at radius 2 is 2.47 bits per heavy atom. The smallest absolute Gasteiger partial charge is 0.237 e. The second kappa shape index (κ2) is 6.45. The van der Waals surface area contributed by atoms with Gasteiger partial charge >= 0.3 is 0 Å². The van der Waals surface area contributed by atoms with E-state index in [-0.39, 0.29) is 0 Å². The lowest BCUT2D eigenvalue weighted by molar-refractivity contribution is 0.328. The summed E-state index contributed by atoms with van der Waals surface area (Å²) in [6, 6.07) is 4.51. The number of hydrogen-bond acceptors (Lipinski definition) is 4. The molecule has 1 atom stereocenters. The van der Waals surface area contributed by atoms with Crippen molar-refractivity contribution in [1.82, 2.24) is 10.3 Å². The summed E-state index contributed by atoms with van der Waals surface area (Å²) in [5.74, 6) is 0.700. The molecule has 17 heavy (non-hydrogen) atoms. The minimum atomic E-state index is 0.568. The number of nitrogens with one attached hydrogen (secondary N) is 2. The first-order chi connectivity index (χ1) is 8.40. The van der Waals surface area contributed by atoms with Crippen molar-refractivity contribution in [3.05, 3.63) is 18.3 Å². The predicted octanol–water partition coefficient (Wildman–Crippen LogP) is 2.03. The van der Waals surface area contributed by atoms with Gasteiger partial charge in [0.2, 0.25) is 5.88 Å². The number of hydrogen-bond donors (Lipinski definition) is 2. The third-order valence-corrected chi connectivity index (χ3v) is 3.00. The maximum Gasteiger partial charge on any atom is 0.237 e. The quantitative estimate of drug-likeness (QED) is 0.820. The van der Waals surface area contributed by atoms with Gasteiger partial charge in [0.15, 0.2) is 0 Å². The lowest BCUT2D eigenvalue weighted by atomic mass is 10.1. The van der Waals surface area contributed by atoms with Crippen molar-refractivity contribution in [3.8, 4) is 5.88 Å². The first-order valence-electron chi connectivity index (χ1n) is 6.45. The molecule has 1 unspecified atom stereocenters. The Morgan fingerprint density at radius 1 is 1.53 bits per heavy atom. The zero-order valence-electron chi connectivity index (χ0n) is 10.4. The minimum absolute atomic E-state index is 0.568. The molecule has 94 valence electrons. The van der Waals surface area contributed by atoms with Crippen molar-refractivity contribution in [2.45, 2.75) is 32.2 Å². The van der Waals surface area contributed by atoms with E-state index in [0.29, 0.717) is 18.5 Å². The molecule has 1 fully saturated rings. The summed E-state index contributed by atoms with van der Waals surface area (Å²) in [6.07, 6.45) is 5.63. The average Bonchev–Trinajstić information content (AvgIpc) is 2.39. The monoisotopic (exact) mass is 235 g/mol. The van der Waals surface area contributed by atoms with Gasteiger partial charge in [-0.05, 0) is 38.4 Å². The molecular weight excluding hydrogens is 214 g/mol. The van der Waals surface area contributed by atoms with Crippen molar-refractivity contribution in [1.29, 1.82) is 0 Å². The highest BCUT2D eigenvalue weighted by Crippen LogP contribution is 2.20. The van der Waals surface area contributed by atoms with Crippen LogP contribution in [0.4, 0.5) is 5.69 Å². The molecule has 4 heteroatoms. The molecule has 0 aromatic carbocycles. The summed E-state index contributed by atoms with van der Waals surface area (Å²) in [5, 5.41) is 6.93. The first-order valence-corrected chi connectivity index (χ1v) is 6.45. The van der Waals surface area contributed by atoms with Crippen LogP contribution in [-0.4, -0.2) is 30.7 Å². The number of anilines is 1. The molecule has 1 aromatic heterocycles. The van der Waals surface area contributed by atoms with Crippen LogP contribution in [0.5, 0.6) is 5.88 Å². The Morgan fingerprint density at radius 3 is 3.24 bits per heavy atom. The highest BCUT2D eigenvalue weighted by atomic mass is 16.5. The summed E-state index contributed by atoms with van der Waals surface area (Å²) >= 11 is 0. The molecule has 4 nitrogen and oxygen atoms in total. The van der Waals surface area contributed by atoms with Gasteiger partial charge in [-0.3, -0.25) is 0 Å². The van der Waals surface area contributed by atoms with Crippen molar-refractivity contribution < 1.29 is 4.74 Å². The van der Waals surface area contributed by atoms with Crippen LogP contribution in [0, 0.1) is 0 Å². The topological polar surface area (TPSA) is 46.2 Å². The highest BCUT2D eigenvalue weighted by Gasteiger charge is 2.13. The Hall–Kier alpha value is -1.29. The van der Waals surface area contributed by atoms with Crippen LogP contribution in [0.1, 0.15) is 26.2 Å². The van der Waals surface area contributed by atoms with Crippen LogP contribution in [0.3, 0.4) is 0 Å². The van der Waals surface area contributed by atoms with Gasteiger partial charge < -0.3 is 15.4 Å². The zero-order valence-corrected chi connectivity index (χ0v) is 10.4. The van der Waals surface area contributed by atoms with E-state index >= 15 is 0 Å². The molecule has 2 rings (SSSR count). The van der Waals surface area contributed by atoms with Crippen LogP contribution in [-0.2, 0) is 0 Å². The van der Waals surface area contributed by atoms with Crippen LogP contribution in [0.15, 0.2) is 18.3 Å². The summed E-state index contributed by atoms with van der Waals surface area (Å²) in [6.45, 7) is 4.69. The van der Waals surface area contributed by atoms with Gasteiger partial charge in [0, 0.05) is 18.8 Å². The molecule has 1 aliphatic rings. The Kier molecular flexibility index (Phi) is 4.62. The molecule has 0 aliphatic carbocycles. The van der Waals surface area contributed by atoms with Gasteiger partial charge in [0.1, 0.15) is 0 Å². The number of piperidine rings is 1. The molecule has 1 saturated heterocycles. The molecule has 0 amide bonds. The molecule has 2 heterocycles. The standard InChI is InChI=1S/C13H21N3O/c1-2-17-13-12(7-5-9-15-13)16-10-11-6-3-4-8-14-11/h5,7,9,11,14,16H,2-4,6,8,10H2,1H3. The van der Waals surface area contributed by atoms with Crippen LogP contribution < -0.4 is 15.4 Å². The summed E-state index contributed by atoms with van der Waals surface area (Å²) in [5.41, 5.74) is 0.988. The van der Waals surface area contributed by atoms with Crippen molar-refractivity contribution in [2.24, 2.45) is 0 Å². The van der Waals surface area contributed by atoms with Gasteiger partial charge in [0.05, 0.1) is 12.3 Å². The lowest BCUT2D eigenvalue weighted by Gasteiger charge is -2.24. The number of nitrogens with zero attached hydrogens (tertiary/aromatic N) is 1. The van der Waals surface area contributed by atoms with E-state index in [2.05, 4.69) is 15.6 Å². The van der Waals surface area contributed by atoms with Gasteiger partial charge in [-0.15, -0.1) is 0 Å². The van der Waals surface area contributed by atoms with E-state index in [1.54, 1.807) is 6.20 Å². The average molecular weight is 235 g/mol. The van der Waals surface area contributed by atoms with Crippen molar-refractivity contribution in [2.75, 3.05) is 25.0 Å². The van der Waals surface area contributed by atoms with Crippen LogP contribution in [0.25, 0.3) is 0 Å². The highest BCUT2D eigenvalue weighted by molar-refractivity contribution is 5.52. The zero-order chi connectivity index (χ0) is 11.9. The van der Waals surface area contributed by atoms with E-state index in [0.717, 1.165) is 18.8 Å². The molecule has 1 aromatic rings. The van der Waals surface area contributed by atoms with E-state index in [4.69, 9.17) is 4.74 Å². The summed E-state index contributed by atoms with van der Waals surface area (Å²) in [7, 11) is 0. The molecule has 0 radical (unpaired) electrons. The van der Waals surface area contributed by atoms with Crippen molar-refractivity contribution >= 4 is 5.69 Å². The fraction of sp³-hybridized carbons (Fsp3) is 0.615. The first kappa shape index (κ1) is 12.2. The van der Waals surface area contributed by atoms with Gasteiger partial charge in [-0.25, -0.2) is 4.98 Å². The van der Waals surface area contributed by atoms with E-state index in [1.807, 2.05) is 19.1 Å². The number of rotatable bonds is 5. The Balaban J connectivity index is 1.88. The fourth-order valence-electron chi connectivity index (χ4n) is 2.11. The normalized spacial score (nSPS) is 19.9. The molecular formula is C13H21N3O. The Bertz CT molecular complexity index is 337. The number of aromatic nitrogens is 1. The second-order valence-corrected chi connectivity index (χ2v) is 4.32. The third-order valence-electron chi connectivity index (χ3n) is 3.00. The van der Waals surface area contributed by atoms with Crippen molar-refractivity contribution in [3.63, 3.8) is 0 Å². The van der Waals surface area contributed by atoms with E-state index in [9.17, 15) is 0 Å². The van der Waals surface area contributed by atoms with Gasteiger partial charge in [0.25, 0.3) is 0 Å². The number of ether oxygens (including phenoxy) is 1. The minimum Gasteiger partial charge on any atom is -0.476 e. The maximum absolute atomic E-state index is 5.48. The maximum atomic E-state index is 5.48. The van der Waals surface area contributed by atoms with Crippen LogP contribution >= 0.6 is 0 Å². The molecule has 2 N–H and O–H groups in total.